The number of halogens is 4. The average Bonchev–Trinajstić information content (AvgIpc) is 2.05. The van der Waals surface area contributed by atoms with Crippen LogP contribution in [0.4, 0.5) is 19.0 Å². The minimum atomic E-state index is -4.44. The number of pyridine rings is 1. The number of thioether (sulfide) groups is 1. The highest BCUT2D eigenvalue weighted by Gasteiger charge is 2.31. The summed E-state index contributed by atoms with van der Waals surface area (Å²) in [6.45, 7) is 0. The maximum Gasteiger partial charge on any atom is 0.446 e. The number of nitro groups is 1. The van der Waals surface area contributed by atoms with E-state index in [1.165, 1.54) is 0 Å². The van der Waals surface area contributed by atoms with Crippen LogP contribution in [0.25, 0.3) is 0 Å². The van der Waals surface area contributed by atoms with Gasteiger partial charge in [-0.1, -0.05) is 0 Å². The largest absolute Gasteiger partial charge is 0.446 e. The Morgan fingerprint density at radius 3 is 2.53 bits per heavy atom. The zero-order chi connectivity index (χ0) is 11.6. The smallest absolute Gasteiger partial charge is 0.358 e. The SMILES string of the molecule is O=[N+]([O-])c1cc(Br)c(SC(F)(F)F)cn1. The summed E-state index contributed by atoms with van der Waals surface area (Å²) < 4.78 is 35.9. The molecule has 1 aromatic rings. The Morgan fingerprint density at radius 2 is 2.13 bits per heavy atom. The van der Waals surface area contributed by atoms with Gasteiger partial charge in [-0.15, -0.1) is 0 Å². The van der Waals surface area contributed by atoms with Gasteiger partial charge < -0.3 is 10.1 Å². The Balaban J connectivity index is 2.99. The number of rotatable bonds is 2. The Hall–Kier alpha value is -0.830. The second kappa shape index (κ2) is 4.35. The fraction of sp³-hybridized carbons (Fsp3) is 0.167. The summed E-state index contributed by atoms with van der Waals surface area (Å²) in [6, 6.07) is 0.925. The molecule has 1 rings (SSSR count). The number of hydrogen-bond donors (Lipinski definition) is 0. The van der Waals surface area contributed by atoms with Crippen molar-refractivity contribution >= 4 is 33.5 Å². The summed E-state index contributed by atoms with van der Waals surface area (Å²) in [5, 5.41) is 10.2. The first-order valence-corrected chi connectivity index (χ1v) is 4.96. The Bertz CT molecular complexity index is 398. The molecule has 0 unspecified atom stereocenters. The van der Waals surface area contributed by atoms with Gasteiger partial charge in [-0.2, -0.15) is 13.2 Å². The van der Waals surface area contributed by atoms with E-state index in [9.17, 15) is 23.3 Å². The van der Waals surface area contributed by atoms with E-state index in [1.807, 2.05) is 0 Å². The molecule has 82 valence electrons. The summed E-state index contributed by atoms with van der Waals surface area (Å²) in [5.41, 5.74) is -4.44. The van der Waals surface area contributed by atoms with Crippen LogP contribution in [0.15, 0.2) is 21.6 Å². The van der Waals surface area contributed by atoms with Crippen molar-refractivity contribution in [3.05, 3.63) is 26.9 Å². The van der Waals surface area contributed by atoms with Crippen molar-refractivity contribution < 1.29 is 18.1 Å². The second-order valence-electron chi connectivity index (χ2n) is 2.28. The highest BCUT2D eigenvalue weighted by Crippen LogP contribution is 2.40. The number of aromatic nitrogens is 1. The van der Waals surface area contributed by atoms with Crippen LogP contribution in [-0.2, 0) is 0 Å². The molecule has 0 saturated carbocycles. The van der Waals surface area contributed by atoms with Gasteiger partial charge in [-0.05, 0) is 37.6 Å². The van der Waals surface area contributed by atoms with Crippen LogP contribution in [0.5, 0.6) is 0 Å². The van der Waals surface area contributed by atoms with Crippen LogP contribution >= 0.6 is 27.7 Å². The Morgan fingerprint density at radius 1 is 1.53 bits per heavy atom. The standard InChI is InChI=1S/C6H2BrF3N2O2S/c7-3-1-5(12(13)14)11-2-4(3)15-6(8,9)10/h1-2H. The lowest BCUT2D eigenvalue weighted by atomic mass is 10.5. The normalized spacial score (nSPS) is 11.5. The molecule has 4 nitrogen and oxygen atoms in total. The highest BCUT2D eigenvalue weighted by molar-refractivity contribution is 9.10. The molecule has 0 fully saturated rings. The zero-order valence-electron chi connectivity index (χ0n) is 6.79. The third-order valence-electron chi connectivity index (χ3n) is 1.22. The Labute approximate surface area is 94.2 Å². The first-order valence-electron chi connectivity index (χ1n) is 3.35. The Kier molecular flexibility index (Phi) is 3.55. The van der Waals surface area contributed by atoms with Crippen LogP contribution in [0, 0.1) is 10.1 Å². The van der Waals surface area contributed by atoms with Gasteiger partial charge in [0.2, 0.25) is 0 Å². The molecule has 0 radical (unpaired) electrons. The first kappa shape index (κ1) is 12.2. The molecule has 0 atom stereocenters. The van der Waals surface area contributed by atoms with Crippen LogP contribution < -0.4 is 0 Å². The lowest BCUT2D eigenvalue weighted by Gasteiger charge is -2.05. The van der Waals surface area contributed by atoms with Crippen molar-refractivity contribution in [3.63, 3.8) is 0 Å². The summed E-state index contributed by atoms with van der Waals surface area (Å²) in [4.78, 5) is 12.5. The molecule has 0 aliphatic heterocycles. The van der Waals surface area contributed by atoms with Crippen molar-refractivity contribution in [3.8, 4) is 0 Å². The van der Waals surface area contributed by atoms with Gasteiger partial charge in [0.1, 0.15) is 0 Å². The molecule has 0 spiro atoms. The van der Waals surface area contributed by atoms with E-state index in [2.05, 4.69) is 20.9 Å². The molecule has 0 aliphatic carbocycles. The van der Waals surface area contributed by atoms with Gasteiger partial charge in [-0.25, -0.2) is 0 Å². The van der Waals surface area contributed by atoms with Gasteiger partial charge in [0.05, 0.1) is 11.0 Å². The molecule has 9 heteroatoms. The number of hydrogen-bond acceptors (Lipinski definition) is 4. The van der Waals surface area contributed by atoms with Crippen LogP contribution in [0.1, 0.15) is 0 Å². The average molecular weight is 303 g/mol. The molecule has 0 N–H and O–H groups in total. The summed E-state index contributed by atoms with van der Waals surface area (Å²) >= 11 is 2.42. The van der Waals surface area contributed by atoms with Crippen molar-refractivity contribution in [2.45, 2.75) is 10.4 Å². The monoisotopic (exact) mass is 302 g/mol. The van der Waals surface area contributed by atoms with Crippen LogP contribution in [0.3, 0.4) is 0 Å². The maximum absolute atomic E-state index is 12.0. The van der Waals surface area contributed by atoms with Gasteiger partial charge in [-0.3, -0.25) is 0 Å². The van der Waals surface area contributed by atoms with E-state index in [0.29, 0.717) is 0 Å². The quantitative estimate of drug-likeness (QED) is 0.477. The van der Waals surface area contributed by atoms with E-state index < -0.39 is 16.2 Å². The molecule has 0 saturated heterocycles. The van der Waals surface area contributed by atoms with E-state index in [0.717, 1.165) is 12.3 Å². The van der Waals surface area contributed by atoms with E-state index in [1.54, 1.807) is 0 Å². The van der Waals surface area contributed by atoms with E-state index in [-0.39, 0.29) is 21.1 Å². The van der Waals surface area contributed by atoms with Crippen molar-refractivity contribution in [2.75, 3.05) is 0 Å². The van der Waals surface area contributed by atoms with Crippen molar-refractivity contribution in [1.29, 1.82) is 0 Å². The van der Waals surface area contributed by atoms with Gasteiger partial charge in [0.25, 0.3) is 0 Å². The molecule has 0 bridgehead atoms. The van der Waals surface area contributed by atoms with Crippen LogP contribution in [-0.4, -0.2) is 15.4 Å². The molecular formula is C6H2BrF3N2O2S. The van der Waals surface area contributed by atoms with E-state index in [4.69, 9.17) is 0 Å². The topological polar surface area (TPSA) is 56.0 Å². The molecule has 0 amide bonds. The zero-order valence-corrected chi connectivity index (χ0v) is 9.19. The molecule has 0 aliphatic rings. The minimum Gasteiger partial charge on any atom is -0.358 e. The third kappa shape index (κ3) is 3.67. The van der Waals surface area contributed by atoms with Crippen molar-refractivity contribution in [1.82, 2.24) is 4.98 Å². The molecule has 0 aromatic carbocycles. The number of nitrogens with zero attached hydrogens (tertiary/aromatic N) is 2. The second-order valence-corrected chi connectivity index (χ2v) is 4.24. The maximum atomic E-state index is 12.0. The summed E-state index contributed by atoms with van der Waals surface area (Å²) in [5.74, 6) is -0.506. The number of alkyl halides is 3. The fourth-order valence-corrected chi connectivity index (χ4v) is 1.77. The summed E-state index contributed by atoms with van der Waals surface area (Å²) in [7, 11) is 0. The van der Waals surface area contributed by atoms with E-state index >= 15 is 0 Å². The van der Waals surface area contributed by atoms with Crippen molar-refractivity contribution in [2.24, 2.45) is 0 Å². The molecular weight excluding hydrogens is 301 g/mol. The predicted molar refractivity (Wildman–Crippen MR) is 50.5 cm³/mol. The molecule has 15 heavy (non-hydrogen) atoms. The molecule has 1 aromatic heterocycles. The van der Waals surface area contributed by atoms with Gasteiger partial charge in [0, 0.05) is 4.47 Å². The highest BCUT2D eigenvalue weighted by atomic mass is 79.9. The fourth-order valence-electron chi connectivity index (χ4n) is 0.708. The molecule has 1 heterocycles. The third-order valence-corrected chi connectivity index (χ3v) is 2.91. The lowest BCUT2D eigenvalue weighted by Crippen LogP contribution is -2.00. The van der Waals surface area contributed by atoms with Gasteiger partial charge >= 0.3 is 11.3 Å². The van der Waals surface area contributed by atoms with Gasteiger partial charge in [0.15, 0.2) is 6.20 Å². The predicted octanol–water partition coefficient (Wildman–Crippen LogP) is 3.36. The summed E-state index contributed by atoms with van der Waals surface area (Å²) in [6.07, 6.45) is 0.806. The lowest BCUT2D eigenvalue weighted by molar-refractivity contribution is -0.389. The minimum absolute atomic E-state index is 0.00785. The van der Waals surface area contributed by atoms with Crippen LogP contribution in [0.2, 0.25) is 0 Å². The first-order chi connectivity index (χ1) is 6.79.